The molecule has 0 aliphatic carbocycles. The van der Waals surface area contributed by atoms with Gasteiger partial charge in [-0.3, -0.25) is 9.89 Å². The van der Waals surface area contributed by atoms with Gasteiger partial charge in [-0.15, -0.1) is 0 Å². The molecule has 20 heavy (non-hydrogen) atoms. The first-order valence-corrected chi connectivity index (χ1v) is 6.77. The van der Waals surface area contributed by atoms with Crippen LogP contribution < -0.4 is 5.32 Å². The van der Waals surface area contributed by atoms with E-state index < -0.39 is 5.97 Å². The number of aliphatic carboxylic acids is 1. The van der Waals surface area contributed by atoms with Crippen molar-refractivity contribution in [2.24, 2.45) is 0 Å². The lowest BCUT2D eigenvalue weighted by Crippen LogP contribution is -2.49. The topological polar surface area (TPSA) is 111 Å². The maximum Gasteiger partial charge on any atom is 0.317 e. The Morgan fingerprint density at radius 3 is 3.05 bits per heavy atom. The number of carboxylic acid groups (broad SMARTS) is 1. The lowest BCUT2D eigenvalue weighted by Gasteiger charge is -2.34. The van der Waals surface area contributed by atoms with Gasteiger partial charge in [0, 0.05) is 25.6 Å². The lowest BCUT2D eigenvalue weighted by molar-refractivity contribution is -0.138. The number of aromatic nitrogens is 3. The lowest BCUT2D eigenvalue weighted by atomic mass is 10.00. The van der Waals surface area contributed by atoms with Gasteiger partial charge in [-0.1, -0.05) is 0 Å². The highest BCUT2D eigenvalue weighted by Crippen LogP contribution is 2.19. The van der Waals surface area contributed by atoms with Crippen molar-refractivity contribution in [2.45, 2.75) is 38.1 Å². The fourth-order valence-electron chi connectivity index (χ4n) is 2.42. The van der Waals surface area contributed by atoms with E-state index >= 15 is 0 Å². The van der Waals surface area contributed by atoms with Crippen LogP contribution in [0.4, 0.5) is 4.79 Å². The third kappa shape index (κ3) is 3.94. The Morgan fingerprint density at radius 1 is 1.50 bits per heavy atom. The predicted molar refractivity (Wildman–Crippen MR) is 70.1 cm³/mol. The minimum Gasteiger partial charge on any atom is -0.481 e. The third-order valence-electron chi connectivity index (χ3n) is 3.40. The van der Waals surface area contributed by atoms with Crippen LogP contribution in [0.2, 0.25) is 0 Å². The number of hydrogen-bond acceptors (Lipinski definition) is 4. The molecule has 1 atom stereocenters. The van der Waals surface area contributed by atoms with Crippen LogP contribution in [0.15, 0.2) is 6.33 Å². The predicted octanol–water partition coefficient (Wildman–Crippen LogP) is 0.386. The van der Waals surface area contributed by atoms with Gasteiger partial charge in [-0.2, -0.15) is 5.10 Å². The monoisotopic (exact) mass is 281 g/mol. The molecular weight excluding hydrogens is 262 g/mol. The van der Waals surface area contributed by atoms with Gasteiger partial charge in [0.15, 0.2) is 0 Å². The van der Waals surface area contributed by atoms with Crippen LogP contribution in [0, 0.1) is 0 Å². The summed E-state index contributed by atoms with van der Waals surface area (Å²) in [5.41, 5.74) is 0. The van der Waals surface area contributed by atoms with Gasteiger partial charge in [0.05, 0.1) is 6.42 Å². The number of urea groups is 1. The molecule has 2 rings (SSSR count). The second kappa shape index (κ2) is 6.88. The number of piperidine rings is 1. The van der Waals surface area contributed by atoms with Crippen molar-refractivity contribution < 1.29 is 14.7 Å². The molecule has 0 spiro atoms. The fraction of sp³-hybridized carbons (Fsp3) is 0.667. The van der Waals surface area contributed by atoms with Gasteiger partial charge >= 0.3 is 12.0 Å². The smallest absolute Gasteiger partial charge is 0.317 e. The standard InChI is InChI=1S/C12H19N5O3/c18-11(19)7-9-3-1-2-6-17(9)12(20)13-5-4-10-14-8-15-16-10/h8-9H,1-7H2,(H,13,20)(H,18,19)(H,14,15,16). The summed E-state index contributed by atoms with van der Waals surface area (Å²) < 4.78 is 0. The van der Waals surface area contributed by atoms with Crippen LogP contribution in [0.5, 0.6) is 0 Å². The van der Waals surface area contributed by atoms with Crippen molar-refractivity contribution in [3.05, 3.63) is 12.2 Å². The highest BCUT2D eigenvalue weighted by molar-refractivity contribution is 5.76. The van der Waals surface area contributed by atoms with E-state index in [2.05, 4.69) is 20.5 Å². The van der Waals surface area contributed by atoms with Gasteiger partial charge in [-0.05, 0) is 19.3 Å². The molecule has 110 valence electrons. The zero-order valence-electron chi connectivity index (χ0n) is 11.2. The van der Waals surface area contributed by atoms with Crippen LogP contribution in [-0.4, -0.2) is 56.3 Å². The number of nitrogens with zero attached hydrogens (tertiary/aromatic N) is 3. The summed E-state index contributed by atoms with van der Waals surface area (Å²) in [6.07, 6.45) is 4.65. The molecule has 0 saturated carbocycles. The number of H-pyrrole nitrogens is 1. The molecule has 1 aliphatic heterocycles. The molecule has 0 aromatic carbocycles. The number of rotatable bonds is 5. The highest BCUT2D eigenvalue weighted by Gasteiger charge is 2.28. The van der Waals surface area contributed by atoms with Crippen molar-refractivity contribution in [1.29, 1.82) is 0 Å². The van der Waals surface area contributed by atoms with Crippen LogP contribution in [0.1, 0.15) is 31.5 Å². The molecule has 0 bridgehead atoms. The van der Waals surface area contributed by atoms with Crippen molar-refractivity contribution in [3.63, 3.8) is 0 Å². The molecule has 1 aromatic heterocycles. The van der Waals surface area contributed by atoms with E-state index in [1.807, 2.05) is 0 Å². The van der Waals surface area contributed by atoms with Crippen LogP contribution in [0.25, 0.3) is 0 Å². The fourth-order valence-corrected chi connectivity index (χ4v) is 2.42. The first-order valence-electron chi connectivity index (χ1n) is 6.77. The van der Waals surface area contributed by atoms with Gasteiger partial charge < -0.3 is 15.3 Å². The second-order valence-electron chi connectivity index (χ2n) is 4.85. The number of likely N-dealkylation sites (tertiary alicyclic amines) is 1. The molecule has 3 N–H and O–H groups in total. The van der Waals surface area contributed by atoms with E-state index in [1.165, 1.54) is 6.33 Å². The van der Waals surface area contributed by atoms with E-state index in [0.29, 0.717) is 25.3 Å². The number of carbonyl (C=O) groups excluding carboxylic acids is 1. The molecule has 0 radical (unpaired) electrons. The number of carboxylic acids is 1. The molecule has 2 amide bonds. The minimum absolute atomic E-state index is 0.00945. The Bertz CT molecular complexity index is 448. The Labute approximate surface area is 116 Å². The largest absolute Gasteiger partial charge is 0.481 e. The number of nitrogens with one attached hydrogen (secondary N) is 2. The minimum atomic E-state index is -0.864. The van der Waals surface area contributed by atoms with E-state index in [0.717, 1.165) is 19.3 Å². The van der Waals surface area contributed by atoms with Crippen molar-refractivity contribution in [2.75, 3.05) is 13.1 Å². The Balaban J connectivity index is 1.81. The van der Waals surface area contributed by atoms with E-state index in [9.17, 15) is 9.59 Å². The molecule has 1 aromatic rings. The summed E-state index contributed by atoms with van der Waals surface area (Å²) in [6.45, 7) is 1.07. The third-order valence-corrected chi connectivity index (χ3v) is 3.40. The summed E-state index contributed by atoms with van der Waals surface area (Å²) in [6, 6.07) is -0.401. The van der Waals surface area contributed by atoms with Crippen molar-refractivity contribution in [3.8, 4) is 0 Å². The molecular formula is C12H19N5O3. The highest BCUT2D eigenvalue weighted by atomic mass is 16.4. The summed E-state index contributed by atoms with van der Waals surface area (Å²) in [4.78, 5) is 28.5. The number of carbonyl (C=O) groups is 2. The number of amides is 2. The average Bonchev–Trinajstić information content (AvgIpc) is 2.91. The first-order chi connectivity index (χ1) is 9.66. The second-order valence-corrected chi connectivity index (χ2v) is 4.85. The molecule has 2 heterocycles. The van der Waals surface area contributed by atoms with Crippen molar-refractivity contribution in [1.82, 2.24) is 25.4 Å². The molecule has 1 unspecified atom stereocenters. The van der Waals surface area contributed by atoms with E-state index in [4.69, 9.17) is 5.11 Å². The summed E-state index contributed by atoms with van der Waals surface area (Å²) in [5.74, 6) is -0.151. The molecule has 8 nitrogen and oxygen atoms in total. The Kier molecular flexibility index (Phi) is 4.91. The van der Waals surface area contributed by atoms with Gasteiger partial charge in [-0.25, -0.2) is 9.78 Å². The van der Waals surface area contributed by atoms with Crippen LogP contribution in [0.3, 0.4) is 0 Å². The quantitative estimate of drug-likeness (QED) is 0.722. The van der Waals surface area contributed by atoms with Crippen LogP contribution >= 0.6 is 0 Å². The maximum atomic E-state index is 12.1. The molecule has 8 heteroatoms. The van der Waals surface area contributed by atoms with Gasteiger partial charge in [0.2, 0.25) is 0 Å². The van der Waals surface area contributed by atoms with Gasteiger partial charge in [0.25, 0.3) is 0 Å². The molecule has 1 fully saturated rings. The Morgan fingerprint density at radius 2 is 2.35 bits per heavy atom. The summed E-state index contributed by atoms with van der Waals surface area (Å²) in [5, 5.41) is 18.1. The molecule has 1 aliphatic rings. The van der Waals surface area contributed by atoms with Crippen molar-refractivity contribution >= 4 is 12.0 Å². The number of hydrogen-bond donors (Lipinski definition) is 3. The average molecular weight is 281 g/mol. The number of aromatic amines is 1. The maximum absolute atomic E-state index is 12.1. The summed E-state index contributed by atoms with van der Waals surface area (Å²) in [7, 11) is 0. The molecule has 1 saturated heterocycles. The Hall–Kier alpha value is -2.12. The zero-order valence-corrected chi connectivity index (χ0v) is 11.2. The van der Waals surface area contributed by atoms with E-state index in [-0.39, 0.29) is 18.5 Å². The van der Waals surface area contributed by atoms with Crippen LogP contribution in [-0.2, 0) is 11.2 Å². The summed E-state index contributed by atoms with van der Waals surface area (Å²) >= 11 is 0. The van der Waals surface area contributed by atoms with E-state index in [1.54, 1.807) is 4.90 Å². The normalized spacial score (nSPS) is 18.8. The zero-order chi connectivity index (χ0) is 14.4. The first kappa shape index (κ1) is 14.3. The van der Waals surface area contributed by atoms with Gasteiger partial charge in [0.1, 0.15) is 12.2 Å². The SMILES string of the molecule is O=C(O)CC1CCCCN1C(=O)NCCc1ncn[nH]1.